The predicted octanol–water partition coefficient (Wildman–Crippen LogP) is 2.08. The molecule has 0 amide bonds. The number of anilines is 2. The highest BCUT2D eigenvalue weighted by molar-refractivity contribution is 7.09. The zero-order chi connectivity index (χ0) is 13.0. The molecule has 2 rings (SSSR count). The number of thiazole rings is 1. The molecule has 1 heterocycles. The molecular weight excluding hydrogens is 250 g/mol. The maximum absolute atomic E-state index is 10.8. The van der Waals surface area contributed by atoms with Gasteiger partial charge in [0.25, 0.3) is 0 Å². The second kappa shape index (κ2) is 5.50. The van der Waals surface area contributed by atoms with Crippen molar-refractivity contribution in [2.75, 3.05) is 17.6 Å². The highest BCUT2D eigenvalue weighted by atomic mass is 32.1. The third-order valence-corrected chi connectivity index (χ3v) is 3.27. The molecule has 18 heavy (non-hydrogen) atoms. The lowest BCUT2D eigenvalue weighted by molar-refractivity contribution is 0.0698. The van der Waals surface area contributed by atoms with Crippen LogP contribution in [0.4, 0.5) is 11.4 Å². The number of hydrogen-bond acceptors (Lipinski definition) is 5. The van der Waals surface area contributed by atoms with Crippen LogP contribution in [0.1, 0.15) is 15.4 Å². The fraction of sp³-hybridized carbons (Fsp3) is 0.167. The number of benzene rings is 1. The minimum Gasteiger partial charge on any atom is -0.478 e. The molecular formula is C12H13N3O2S. The van der Waals surface area contributed by atoms with Crippen LogP contribution in [0, 0.1) is 0 Å². The van der Waals surface area contributed by atoms with Crippen molar-refractivity contribution in [3.63, 3.8) is 0 Å². The van der Waals surface area contributed by atoms with Crippen molar-refractivity contribution >= 4 is 28.7 Å². The zero-order valence-corrected chi connectivity index (χ0v) is 10.4. The molecule has 0 saturated heterocycles. The Bertz CT molecular complexity index is 540. The maximum Gasteiger partial charge on any atom is 0.337 e. The van der Waals surface area contributed by atoms with Gasteiger partial charge in [-0.15, -0.1) is 11.3 Å². The lowest BCUT2D eigenvalue weighted by atomic mass is 10.1. The number of nitrogens with one attached hydrogen (secondary N) is 1. The number of carbonyl (C=O) groups is 1. The number of hydrogen-bond donors (Lipinski definition) is 3. The van der Waals surface area contributed by atoms with E-state index in [1.165, 1.54) is 6.07 Å². The standard InChI is InChI=1S/C12H13N3O2S/c13-10-7-8(1-2-9(10)12(16)17)14-4-3-11-15-5-6-18-11/h1-2,5-7,14H,3-4,13H2,(H,16,17). The fourth-order valence-corrected chi connectivity index (χ4v) is 2.18. The normalized spacial score (nSPS) is 10.2. The Morgan fingerprint density at radius 3 is 2.94 bits per heavy atom. The Morgan fingerprint density at radius 1 is 1.50 bits per heavy atom. The summed E-state index contributed by atoms with van der Waals surface area (Å²) >= 11 is 1.61. The van der Waals surface area contributed by atoms with Gasteiger partial charge in [-0.1, -0.05) is 0 Å². The molecule has 0 aliphatic heterocycles. The van der Waals surface area contributed by atoms with E-state index in [2.05, 4.69) is 10.3 Å². The molecule has 0 aliphatic carbocycles. The second-order valence-electron chi connectivity index (χ2n) is 3.71. The summed E-state index contributed by atoms with van der Waals surface area (Å²) in [7, 11) is 0. The van der Waals surface area contributed by atoms with E-state index in [1.807, 2.05) is 5.38 Å². The van der Waals surface area contributed by atoms with Crippen LogP contribution in [-0.4, -0.2) is 22.6 Å². The van der Waals surface area contributed by atoms with Gasteiger partial charge in [0.1, 0.15) is 0 Å². The van der Waals surface area contributed by atoms with Crippen LogP contribution in [0.5, 0.6) is 0 Å². The molecule has 2 aromatic rings. The summed E-state index contributed by atoms with van der Waals surface area (Å²) in [4.78, 5) is 15.0. The summed E-state index contributed by atoms with van der Waals surface area (Å²) < 4.78 is 0. The van der Waals surface area contributed by atoms with E-state index in [-0.39, 0.29) is 11.3 Å². The number of aromatic carboxylic acids is 1. The van der Waals surface area contributed by atoms with Gasteiger partial charge >= 0.3 is 5.97 Å². The molecule has 0 fully saturated rings. The first kappa shape index (κ1) is 12.4. The SMILES string of the molecule is Nc1cc(NCCc2nccs2)ccc1C(=O)O. The van der Waals surface area contributed by atoms with Crippen LogP contribution in [-0.2, 0) is 6.42 Å². The lowest BCUT2D eigenvalue weighted by Crippen LogP contribution is -2.07. The van der Waals surface area contributed by atoms with Crippen molar-refractivity contribution in [1.82, 2.24) is 4.98 Å². The van der Waals surface area contributed by atoms with Crippen LogP contribution < -0.4 is 11.1 Å². The second-order valence-corrected chi connectivity index (χ2v) is 4.69. The quantitative estimate of drug-likeness (QED) is 0.719. The monoisotopic (exact) mass is 263 g/mol. The van der Waals surface area contributed by atoms with Gasteiger partial charge in [0.15, 0.2) is 0 Å². The minimum absolute atomic E-state index is 0.125. The van der Waals surface area contributed by atoms with Gasteiger partial charge in [0.2, 0.25) is 0 Å². The van der Waals surface area contributed by atoms with Gasteiger partial charge in [0.05, 0.1) is 10.6 Å². The van der Waals surface area contributed by atoms with Crippen LogP contribution >= 0.6 is 11.3 Å². The molecule has 0 bridgehead atoms. The number of rotatable bonds is 5. The van der Waals surface area contributed by atoms with E-state index in [0.717, 1.165) is 23.7 Å². The van der Waals surface area contributed by atoms with Crippen molar-refractivity contribution in [1.29, 1.82) is 0 Å². The molecule has 1 aromatic heterocycles. The summed E-state index contributed by atoms with van der Waals surface area (Å²) in [5.41, 5.74) is 6.86. The first-order chi connectivity index (χ1) is 8.66. The average molecular weight is 263 g/mol. The number of carboxylic acid groups (broad SMARTS) is 1. The van der Waals surface area contributed by atoms with E-state index >= 15 is 0 Å². The molecule has 0 aliphatic rings. The molecule has 4 N–H and O–H groups in total. The highest BCUT2D eigenvalue weighted by Gasteiger charge is 2.07. The van der Waals surface area contributed by atoms with Gasteiger partial charge in [0, 0.05) is 35.9 Å². The van der Waals surface area contributed by atoms with Crippen molar-refractivity contribution in [2.45, 2.75) is 6.42 Å². The van der Waals surface area contributed by atoms with Crippen LogP contribution in [0.2, 0.25) is 0 Å². The van der Waals surface area contributed by atoms with E-state index < -0.39 is 5.97 Å². The number of carboxylic acids is 1. The van der Waals surface area contributed by atoms with Crippen LogP contribution in [0.25, 0.3) is 0 Å². The van der Waals surface area contributed by atoms with Gasteiger partial charge < -0.3 is 16.2 Å². The summed E-state index contributed by atoms with van der Waals surface area (Å²) in [5, 5.41) is 15.0. The van der Waals surface area contributed by atoms with Gasteiger partial charge in [-0.25, -0.2) is 9.78 Å². The van der Waals surface area contributed by atoms with Crippen LogP contribution in [0.15, 0.2) is 29.8 Å². The lowest BCUT2D eigenvalue weighted by Gasteiger charge is -2.07. The summed E-state index contributed by atoms with van der Waals surface area (Å²) in [5.74, 6) is -1.01. The largest absolute Gasteiger partial charge is 0.478 e. The van der Waals surface area contributed by atoms with Crippen molar-refractivity contribution < 1.29 is 9.90 Å². The topological polar surface area (TPSA) is 88.2 Å². The number of aromatic nitrogens is 1. The smallest absolute Gasteiger partial charge is 0.337 e. The van der Waals surface area contributed by atoms with E-state index in [0.29, 0.717) is 0 Å². The van der Waals surface area contributed by atoms with Gasteiger partial charge in [-0.2, -0.15) is 0 Å². The molecule has 0 radical (unpaired) electrons. The predicted molar refractivity (Wildman–Crippen MR) is 72.1 cm³/mol. The Balaban J connectivity index is 1.94. The Kier molecular flexibility index (Phi) is 3.78. The fourth-order valence-electron chi connectivity index (χ4n) is 1.56. The van der Waals surface area contributed by atoms with Crippen LogP contribution in [0.3, 0.4) is 0 Å². The molecule has 0 spiro atoms. The molecule has 0 saturated carbocycles. The van der Waals surface area contributed by atoms with Crippen molar-refractivity contribution in [3.05, 3.63) is 40.3 Å². The molecule has 0 unspecified atom stereocenters. The average Bonchev–Trinajstić information content (AvgIpc) is 2.81. The Hall–Kier alpha value is -2.08. The van der Waals surface area contributed by atoms with Crippen molar-refractivity contribution in [2.24, 2.45) is 0 Å². The third kappa shape index (κ3) is 2.98. The van der Waals surface area contributed by atoms with Gasteiger partial charge in [-0.3, -0.25) is 0 Å². The summed E-state index contributed by atoms with van der Waals surface area (Å²) in [6.45, 7) is 0.735. The third-order valence-electron chi connectivity index (χ3n) is 2.43. The van der Waals surface area contributed by atoms with E-state index in [1.54, 1.807) is 29.7 Å². The maximum atomic E-state index is 10.8. The molecule has 1 aromatic carbocycles. The highest BCUT2D eigenvalue weighted by Crippen LogP contribution is 2.18. The van der Waals surface area contributed by atoms with Crippen molar-refractivity contribution in [3.8, 4) is 0 Å². The molecule has 6 heteroatoms. The number of nitrogen functional groups attached to an aromatic ring is 1. The summed E-state index contributed by atoms with van der Waals surface area (Å²) in [6.07, 6.45) is 2.61. The Morgan fingerprint density at radius 2 is 2.33 bits per heavy atom. The number of nitrogens with two attached hydrogens (primary N) is 1. The summed E-state index contributed by atoms with van der Waals surface area (Å²) in [6, 6.07) is 4.84. The number of nitrogens with zero attached hydrogens (tertiary/aromatic N) is 1. The molecule has 0 atom stereocenters. The molecule has 94 valence electrons. The Labute approximate surface area is 108 Å². The zero-order valence-electron chi connectivity index (χ0n) is 9.59. The first-order valence-electron chi connectivity index (χ1n) is 5.42. The van der Waals surface area contributed by atoms with E-state index in [4.69, 9.17) is 10.8 Å². The molecule has 5 nitrogen and oxygen atoms in total. The minimum atomic E-state index is -1.01. The van der Waals surface area contributed by atoms with E-state index in [9.17, 15) is 4.79 Å². The van der Waals surface area contributed by atoms with Gasteiger partial charge in [-0.05, 0) is 18.2 Å². The first-order valence-corrected chi connectivity index (χ1v) is 6.30.